The quantitative estimate of drug-likeness (QED) is 0.722. The van der Waals surface area contributed by atoms with Crippen molar-refractivity contribution in [2.45, 2.75) is 45.6 Å². The molecule has 0 heterocycles. The highest BCUT2D eigenvalue weighted by molar-refractivity contribution is 7.80. The summed E-state index contributed by atoms with van der Waals surface area (Å²) < 4.78 is 0. The Balaban J connectivity index is 1.71. The van der Waals surface area contributed by atoms with Gasteiger partial charge in [-0.3, -0.25) is 0 Å². The standard InChI is InChI=1S/C12H22N2S/c1-8(2)7-13-12(15)14-11-6-9-3-4-10(11)5-9/h8-11H,3-7H2,1-2H3,(H2,13,14,15)/t9-,10-,11+/m0/s1. The molecule has 0 aromatic heterocycles. The van der Waals surface area contributed by atoms with Gasteiger partial charge in [-0.25, -0.2) is 0 Å². The molecular weight excluding hydrogens is 204 g/mol. The molecule has 86 valence electrons. The number of nitrogens with one attached hydrogen (secondary N) is 2. The molecule has 0 aromatic rings. The largest absolute Gasteiger partial charge is 0.362 e. The average molecular weight is 226 g/mol. The molecule has 0 spiro atoms. The molecule has 2 fully saturated rings. The van der Waals surface area contributed by atoms with Crippen LogP contribution in [0.3, 0.4) is 0 Å². The second-order valence-electron chi connectivity index (χ2n) is 5.53. The summed E-state index contributed by atoms with van der Waals surface area (Å²) in [5.41, 5.74) is 0. The van der Waals surface area contributed by atoms with E-state index in [0.29, 0.717) is 12.0 Å². The summed E-state index contributed by atoms with van der Waals surface area (Å²) in [7, 11) is 0. The smallest absolute Gasteiger partial charge is 0.166 e. The molecule has 2 bridgehead atoms. The minimum absolute atomic E-state index is 0.657. The predicted octanol–water partition coefficient (Wildman–Crippen LogP) is 2.30. The number of fused-ring (bicyclic) bond motifs is 2. The number of hydrogen-bond donors (Lipinski definition) is 2. The lowest BCUT2D eigenvalue weighted by Crippen LogP contribution is -2.45. The van der Waals surface area contributed by atoms with Crippen LogP contribution in [0, 0.1) is 17.8 Å². The molecular formula is C12H22N2S. The third-order valence-electron chi connectivity index (χ3n) is 3.73. The Bertz CT molecular complexity index is 240. The molecule has 0 radical (unpaired) electrons. The van der Waals surface area contributed by atoms with Crippen molar-refractivity contribution in [2.24, 2.45) is 17.8 Å². The van der Waals surface area contributed by atoms with Crippen LogP contribution in [0.5, 0.6) is 0 Å². The molecule has 0 saturated heterocycles. The van der Waals surface area contributed by atoms with E-state index in [1.165, 1.54) is 25.7 Å². The van der Waals surface area contributed by atoms with Crippen molar-refractivity contribution in [2.75, 3.05) is 6.54 Å². The molecule has 3 heteroatoms. The van der Waals surface area contributed by atoms with E-state index >= 15 is 0 Å². The minimum atomic E-state index is 0.657. The van der Waals surface area contributed by atoms with E-state index in [2.05, 4.69) is 24.5 Å². The Morgan fingerprint density at radius 2 is 2.13 bits per heavy atom. The molecule has 2 rings (SSSR count). The van der Waals surface area contributed by atoms with Crippen molar-refractivity contribution in [3.05, 3.63) is 0 Å². The zero-order valence-corrected chi connectivity index (χ0v) is 10.6. The van der Waals surface area contributed by atoms with E-state index < -0.39 is 0 Å². The van der Waals surface area contributed by atoms with Crippen molar-refractivity contribution in [1.82, 2.24) is 10.6 Å². The zero-order chi connectivity index (χ0) is 10.8. The highest BCUT2D eigenvalue weighted by atomic mass is 32.1. The van der Waals surface area contributed by atoms with Crippen LogP contribution in [0.2, 0.25) is 0 Å². The summed E-state index contributed by atoms with van der Waals surface area (Å²) in [6.45, 7) is 5.38. The Morgan fingerprint density at radius 3 is 2.67 bits per heavy atom. The molecule has 2 aliphatic carbocycles. The summed E-state index contributed by atoms with van der Waals surface area (Å²) in [5, 5.41) is 7.64. The second kappa shape index (κ2) is 4.69. The highest BCUT2D eigenvalue weighted by Gasteiger charge is 2.39. The van der Waals surface area contributed by atoms with Crippen LogP contribution in [0.4, 0.5) is 0 Å². The van der Waals surface area contributed by atoms with E-state index in [1.807, 2.05) is 0 Å². The van der Waals surface area contributed by atoms with Gasteiger partial charge >= 0.3 is 0 Å². The van der Waals surface area contributed by atoms with Gasteiger partial charge in [0.2, 0.25) is 0 Å². The molecule has 0 aliphatic heterocycles. The molecule has 15 heavy (non-hydrogen) atoms. The average Bonchev–Trinajstić information content (AvgIpc) is 2.76. The monoisotopic (exact) mass is 226 g/mol. The van der Waals surface area contributed by atoms with Crippen molar-refractivity contribution in [3.8, 4) is 0 Å². The first-order valence-corrected chi connectivity index (χ1v) is 6.60. The molecule has 2 nitrogen and oxygen atoms in total. The maximum atomic E-state index is 5.30. The van der Waals surface area contributed by atoms with Gasteiger partial charge in [-0.05, 0) is 49.2 Å². The van der Waals surface area contributed by atoms with Gasteiger partial charge in [0.25, 0.3) is 0 Å². The molecule has 0 aromatic carbocycles. The fourth-order valence-corrected chi connectivity index (χ4v) is 3.17. The van der Waals surface area contributed by atoms with Crippen LogP contribution in [0.15, 0.2) is 0 Å². The second-order valence-corrected chi connectivity index (χ2v) is 5.94. The van der Waals surface area contributed by atoms with Gasteiger partial charge in [-0.1, -0.05) is 20.3 Å². The van der Waals surface area contributed by atoms with E-state index in [-0.39, 0.29) is 0 Å². The number of hydrogen-bond acceptors (Lipinski definition) is 1. The summed E-state index contributed by atoms with van der Waals surface area (Å²) >= 11 is 5.30. The lowest BCUT2D eigenvalue weighted by molar-refractivity contribution is 0.388. The van der Waals surface area contributed by atoms with Gasteiger partial charge in [0.05, 0.1) is 0 Å². The summed E-state index contributed by atoms with van der Waals surface area (Å²) in [5.74, 6) is 2.54. The van der Waals surface area contributed by atoms with Gasteiger partial charge in [0.15, 0.2) is 5.11 Å². The summed E-state index contributed by atoms with van der Waals surface area (Å²) in [4.78, 5) is 0. The maximum absolute atomic E-state index is 5.30. The van der Waals surface area contributed by atoms with E-state index in [0.717, 1.165) is 23.5 Å². The Morgan fingerprint density at radius 1 is 1.33 bits per heavy atom. The van der Waals surface area contributed by atoms with E-state index in [9.17, 15) is 0 Å². The van der Waals surface area contributed by atoms with Gasteiger partial charge in [-0.15, -0.1) is 0 Å². The fraction of sp³-hybridized carbons (Fsp3) is 0.917. The van der Waals surface area contributed by atoms with Gasteiger partial charge in [0.1, 0.15) is 0 Å². The number of rotatable bonds is 3. The Hall–Kier alpha value is -0.310. The topological polar surface area (TPSA) is 24.1 Å². The van der Waals surface area contributed by atoms with Crippen molar-refractivity contribution >= 4 is 17.3 Å². The van der Waals surface area contributed by atoms with Gasteiger partial charge in [-0.2, -0.15) is 0 Å². The van der Waals surface area contributed by atoms with Crippen LogP contribution < -0.4 is 10.6 Å². The normalized spacial score (nSPS) is 33.4. The van der Waals surface area contributed by atoms with E-state index in [1.54, 1.807) is 0 Å². The third kappa shape index (κ3) is 2.83. The molecule has 0 amide bonds. The van der Waals surface area contributed by atoms with Crippen LogP contribution in [-0.4, -0.2) is 17.7 Å². The lowest BCUT2D eigenvalue weighted by atomic mass is 9.96. The highest BCUT2D eigenvalue weighted by Crippen LogP contribution is 2.44. The SMILES string of the molecule is CC(C)CNC(=S)N[C@@H]1C[C@H]2CC[C@H]1C2. The van der Waals surface area contributed by atoms with Crippen LogP contribution >= 0.6 is 12.2 Å². The Kier molecular flexibility index (Phi) is 3.49. The first-order chi connectivity index (χ1) is 7.15. The zero-order valence-electron chi connectivity index (χ0n) is 9.75. The van der Waals surface area contributed by atoms with Crippen LogP contribution in [-0.2, 0) is 0 Å². The van der Waals surface area contributed by atoms with Crippen LogP contribution in [0.1, 0.15) is 39.5 Å². The predicted molar refractivity (Wildman–Crippen MR) is 67.8 cm³/mol. The fourth-order valence-electron chi connectivity index (χ4n) is 2.94. The maximum Gasteiger partial charge on any atom is 0.166 e. The lowest BCUT2D eigenvalue weighted by Gasteiger charge is -2.24. The van der Waals surface area contributed by atoms with Gasteiger partial charge < -0.3 is 10.6 Å². The molecule has 0 unspecified atom stereocenters. The molecule has 3 atom stereocenters. The first kappa shape index (κ1) is 11.2. The minimum Gasteiger partial charge on any atom is -0.362 e. The third-order valence-corrected chi connectivity index (χ3v) is 3.99. The van der Waals surface area contributed by atoms with Gasteiger partial charge in [0, 0.05) is 12.6 Å². The molecule has 2 aliphatic rings. The molecule has 2 saturated carbocycles. The number of thiocarbonyl (C=S) groups is 1. The molecule has 2 N–H and O–H groups in total. The van der Waals surface area contributed by atoms with Crippen molar-refractivity contribution < 1.29 is 0 Å². The van der Waals surface area contributed by atoms with Crippen LogP contribution in [0.25, 0.3) is 0 Å². The summed E-state index contributed by atoms with van der Waals surface area (Å²) in [6.07, 6.45) is 5.64. The Labute approximate surface area is 98.2 Å². The van der Waals surface area contributed by atoms with Crippen molar-refractivity contribution in [1.29, 1.82) is 0 Å². The van der Waals surface area contributed by atoms with Crippen molar-refractivity contribution in [3.63, 3.8) is 0 Å². The first-order valence-electron chi connectivity index (χ1n) is 6.19. The summed E-state index contributed by atoms with van der Waals surface area (Å²) in [6, 6.07) is 0.663. The van der Waals surface area contributed by atoms with E-state index in [4.69, 9.17) is 12.2 Å².